The largest absolute Gasteiger partial charge is 0.542 e. The van der Waals surface area contributed by atoms with E-state index in [1.807, 2.05) is 0 Å². The molecule has 68 valence electrons. The summed E-state index contributed by atoms with van der Waals surface area (Å²) in [5.41, 5.74) is 0. The zero-order chi connectivity index (χ0) is 9.30. The lowest BCUT2D eigenvalue weighted by molar-refractivity contribution is -0.145. The Balaban J connectivity index is 2.42. The van der Waals surface area contributed by atoms with Crippen LogP contribution in [0.25, 0.3) is 0 Å². The van der Waals surface area contributed by atoms with Gasteiger partial charge in [-0.1, -0.05) is 6.92 Å². The van der Waals surface area contributed by atoms with Crippen molar-refractivity contribution in [2.45, 2.75) is 19.7 Å². The van der Waals surface area contributed by atoms with E-state index in [0.29, 0.717) is 0 Å². The lowest BCUT2D eigenvalue weighted by Crippen LogP contribution is -2.09. The quantitative estimate of drug-likeness (QED) is 0.482. The minimum Gasteiger partial charge on any atom is -0.466 e. The topological polar surface area (TPSA) is 26.3 Å². The fourth-order valence-electron chi connectivity index (χ4n) is 1.49. The Morgan fingerprint density at radius 1 is 1.58 bits per heavy atom. The van der Waals surface area contributed by atoms with Gasteiger partial charge in [0.2, 0.25) is 0 Å². The minimum absolute atomic E-state index is 0.218. The van der Waals surface area contributed by atoms with Gasteiger partial charge in [0.05, 0.1) is 12.5 Å². The second-order valence-electron chi connectivity index (χ2n) is 3.05. The summed E-state index contributed by atoms with van der Waals surface area (Å²) in [6.45, 7) is 3.58. The molecule has 0 amide bonds. The number of hydrogen-bond donors (Lipinski definition) is 0. The smallest absolute Gasteiger partial charge is 0.466 e. The van der Waals surface area contributed by atoms with E-state index < -0.39 is 25.0 Å². The molecule has 0 aliphatic heterocycles. The van der Waals surface area contributed by atoms with Gasteiger partial charge in [0.1, 0.15) is 0 Å². The maximum atomic E-state index is 12.1. The molecule has 5 heteroatoms. The molecule has 1 saturated carbocycles. The van der Waals surface area contributed by atoms with Crippen LogP contribution in [0.5, 0.6) is 0 Å². The van der Waals surface area contributed by atoms with Crippen LogP contribution in [-0.4, -0.2) is 19.8 Å². The summed E-state index contributed by atoms with van der Waals surface area (Å²) >= 11 is 0. The van der Waals surface area contributed by atoms with Crippen molar-refractivity contribution in [2.75, 3.05) is 6.61 Å². The number of halogens is 2. The van der Waals surface area contributed by atoms with E-state index in [1.165, 1.54) is 0 Å². The molecule has 1 unspecified atom stereocenters. The van der Waals surface area contributed by atoms with Crippen LogP contribution < -0.4 is 0 Å². The second-order valence-corrected chi connectivity index (χ2v) is 3.05. The number of carbonyl (C=O) groups is 1. The average Bonchev–Trinajstić information content (AvgIpc) is 2.62. The van der Waals surface area contributed by atoms with Crippen LogP contribution in [0.2, 0.25) is 5.82 Å². The maximum Gasteiger partial charge on any atom is 0.542 e. The van der Waals surface area contributed by atoms with E-state index in [4.69, 9.17) is 0 Å². The molecule has 0 spiro atoms. The van der Waals surface area contributed by atoms with Gasteiger partial charge in [-0.05, 0) is 12.8 Å². The van der Waals surface area contributed by atoms with Crippen LogP contribution in [0.1, 0.15) is 13.8 Å². The summed E-state index contributed by atoms with van der Waals surface area (Å²) in [5, 5.41) is 0. The molecule has 1 fully saturated rings. The van der Waals surface area contributed by atoms with Crippen molar-refractivity contribution >= 4 is 13.2 Å². The van der Waals surface area contributed by atoms with Gasteiger partial charge in [-0.2, -0.15) is 0 Å². The summed E-state index contributed by atoms with van der Waals surface area (Å²) in [6, 6.07) is 0. The first-order valence-corrected chi connectivity index (χ1v) is 4.04. The van der Waals surface area contributed by atoms with Crippen molar-refractivity contribution in [1.82, 2.24) is 0 Å². The molecule has 0 bridgehead atoms. The maximum absolute atomic E-state index is 12.1. The van der Waals surface area contributed by atoms with Crippen LogP contribution >= 0.6 is 0 Å². The van der Waals surface area contributed by atoms with Crippen LogP contribution in [0.4, 0.5) is 8.63 Å². The highest BCUT2D eigenvalue weighted by Crippen LogP contribution is 2.54. The Hall–Kier alpha value is -0.605. The fourth-order valence-corrected chi connectivity index (χ4v) is 1.49. The average molecular weight is 176 g/mol. The van der Waals surface area contributed by atoms with E-state index in [1.54, 1.807) is 13.8 Å². The highest BCUT2D eigenvalue weighted by atomic mass is 19.2. The molecule has 1 aliphatic rings. The van der Waals surface area contributed by atoms with Crippen molar-refractivity contribution < 1.29 is 18.2 Å². The van der Waals surface area contributed by atoms with Crippen molar-refractivity contribution in [3.8, 4) is 0 Å². The SMILES string of the molecule is CCOC(=O)[C@H]1C(C)[C@@H]1B(F)F. The van der Waals surface area contributed by atoms with Gasteiger partial charge in [-0.3, -0.25) is 13.4 Å². The molecule has 0 aromatic carbocycles. The molecule has 0 aromatic heterocycles. The number of rotatable bonds is 3. The molecular formula is C7H11BF2O2. The highest BCUT2D eigenvalue weighted by molar-refractivity contribution is 6.47. The molecule has 2 nitrogen and oxygen atoms in total. The van der Waals surface area contributed by atoms with Gasteiger partial charge in [0, 0.05) is 5.82 Å². The molecule has 0 N–H and O–H groups in total. The summed E-state index contributed by atoms with van der Waals surface area (Å²) in [7, 11) is -2.39. The molecular weight excluding hydrogens is 165 g/mol. The third kappa shape index (κ3) is 1.59. The van der Waals surface area contributed by atoms with E-state index in [2.05, 4.69) is 4.74 Å². The number of esters is 1. The minimum atomic E-state index is -2.39. The normalized spacial score (nSPS) is 32.8. The Kier molecular flexibility index (Phi) is 2.70. The summed E-state index contributed by atoms with van der Waals surface area (Å²) in [5.74, 6) is -2.03. The zero-order valence-corrected chi connectivity index (χ0v) is 7.09. The first-order chi connectivity index (χ1) is 5.59. The third-order valence-electron chi connectivity index (χ3n) is 2.30. The van der Waals surface area contributed by atoms with E-state index in [-0.39, 0.29) is 12.5 Å². The predicted molar refractivity (Wildman–Crippen MR) is 41.0 cm³/mol. The molecule has 1 aliphatic carbocycles. The second kappa shape index (κ2) is 3.41. The predicted octanol–water partition coefficient (Wildman–Crippen LogP) is 1.61. The summed E-state index contributed by atoms with van der Waals surface area (Å²) in [4.78, 5) is 11.0. The number of ether oxygens (including phenoxy) is 1. The Morgan fingerprint density at radius 2 is 2.17 bits per heavy atom. The van der Waals surface area contributed by atoms with Crippen LogP contribution in [0.15, 0.2) is 0 Å². The fraction of sp³-hybridized carbons (Fsp3) is 0.857. The van der Waals surface area contributed by atoms with Crippen molar-refractivity contribution in [3.05, 3.63) is 0 Å². The number of carbonyl (C=O) groups excluding carboxylic acids is 1. The first-order valence-electron chi connectivity index (χ1n) is 4.04. The standard InChI is InChI=1S/C7H11BF2O2/c1-3-12-7(11)5-4(2)6(5)8(9)10/h4-6H,3H2,1-2H3/t4?,5-,6-/m0/s1. The van der Waals surface area contributed by atoms with Crippen LogP contribution in [-0.2, 0) is 9.53 Å². The lowest BCUT2D eigenvalue weighted by Gasteiger charge is -1.98. The lowest BCUT2D eigenvalue weighted by atomic mass is 9.87. The van der Waals surface area contributed by atoms with Crippen LogP contribution in [0, 0.1) is 11.8 Å². The molecule has 0 aromatic rings. The van der Waals surface area contributed by atoms with Gasteiger partial charge < -0.3 is 4.74 Å². The van der Waals surface area contributed by atoms with E-state index in [9.17, 15) is 13.4 Å². The first kappa shape index (κ1) is 9.48. The third-order valence-corrected chi connectivity index (χ3v) is 2.30. The highest BCUT2D eigenvalue weighted by Gasteiger charge is 2.60. The Morgan fingerprint density at radius 3 is 2.50 bits per heavy atom. The molecule has 12 heavy (non-hydrogen) atoms. The zero-order valence-electron chi connectivity index (χ0n) is 7.09. The van der Waals surface area contributed by atoms with E-state index >= 15 is 0 Å². The molecule has 0 heterocycles. The molecule has 0 saturated heterocycles. The van der Waals surface area contributed by atoms with Gasteiger partial charge in [-0.15, -0.1) is 0 Å². The molecule has 1 rings (SSSR count). The number of hydrogen-bond acceptors (Lipinski definition) is 2. The monoisotopic (exact) mass is 176 g/mol. The van der Waals surface area contributed by atoms with Crippen molar-refractivity contribution in [1.29, 1.82) is 0 Å². The van der Waals surface area contributed by atoms with Gasteiger partial charge >= 0.3 is 13.2 Å². The Bertz CT molecular complexity index is 186. The van der Waals surface area contributed by atoms with Gasteiger partial charge in [0.25, 0.3) is 0 Å². The van der Waals surface area contributed by atoms with Gasteiger partial charge in [0.15, 0.2) is 0 Å². The summed E-state index contributed by atoms with van der Waals surface area (Å²) < 4.78 is 28.9. The van der Waals surface area contributed by atoms with Crippen molar-refractivity contribution in [2.24, 2.45) is 11.8 Å². The Labute approximate surface area is 70.5 Å². The van der Waals surface area contributed by atoms with Crippen molar-refractivity contribution in [3.63, 3.8) is 0 Å². The molecule has 0 radical (unpaired) electrons. The van der Waals surface area contributed by atoms with E-state index in [0.717, 1.165) is 0 Å². The molecule has 3 atom stereocenters. The summed E-state index contributed by atoms with van der Waals surface area (Å²) in [6.07, 6.45) is 0. The van der Waals surface area contributed by atoms with Gasteiger partial charge in [-0.25, -0.2) is 0 Å². The van der Waals surface area contributed by atoms with Crippen LogP contribution in [0.3, 0.4) is 0 Å².